The van der Waals surface area contributed by atoms with E-state index in [0.29, 0.717) is 17.1 Å². The number of rotatable bonds is 5. The summed E-state index contributed by atoms with van der Waals surface area (Å²) in [7, 11) is 0. The van der Waals surface area contributed by atoms with Gasteiger partial charge in [0.2, 0.25) is 5.91 Å². The fourth-order valence-electron chi connectivity index (χ4n) is 4.35. The normalized spacial score (nSPS) is 16.9. The van der Waals surface area contributed by atoms with Gasteiger partial charge in [-0.1, -0.05) is 31.4 Å². The van der Waals surface area contributed by atoms with E-state index >= 15 is 0 Å². The quantitative estimate of drug-likeness (QED) is 0.705. The molecule has 1 aromatic heterocycles. The number of carbonyl (C=O) groups excluding carboxylic acids is 2. The van der Waals surface area contributed by atoms with Crippen LogP contribution in [0.5, 0.6) is 0 Å². The Morgan fingerprint density at radius 1 is 1.00 bits per heavy atom. The maximum absolute atomic E-state index is 13.1. The summed E-state index contributed by atoms with van der Waals surface area (Å²) in [4.78, 5) is 27.1. The molecule has 2 N–H and O–H groups in total. The van der Waals surface area contributed by atoms with Crippen LogP contribution >= 0.6 is 11.3 Å². The van der Waals surface area contributed by atoms with Gasteiger partial charge in [0.25, 0.3) is 5.91 Å². The fourth-order valence-corrected chi connectivity index (χ4v) is 5.64. The van der Waals surface area contributed by atoms with Crippen LogP contribution in [0, 0.1) is 11.7 Å². The molecule has 0 saturated heterocycles. The van der Waals surface area contributed by atoms with Crippen LogP contribution in [0.3, 0.4) is 0 Å². The zero-order valence-corrected chi connectivity index (χ0v) is 17.4. The van der Waals surface area contributed by atoms with Crippen LogP contribution in [0.1, 0.15) is 71.3 Å². The van der Waals surface area contributed by atoms with E-state index in [4.69, 9.17) is 0 Å². The number of nitrogens with one attached hydrogen (secondary N) is 2. The molecule has 4 nitrogen and oxygen atoms in total. The van der Waals surface area contributed by atoms with E-state index in [1.165, 1.54) is 23.4 Å². The van der Waals surface area contributed by atoms with E-state index in [2.05, 4.69) is 10.6 Å². The molecule has 2 aliphatic carbocycles. The zero-order valence-electron chi connectivity index (χ0n) is 16.6. The molecule has 0 spiro atoms. The van der Waals surface area contributed by atoms with E-state index in [9.17, 15) is 14.0 Å². The van der Waals surface area contributed by atoms with Gasteiger partial charge in [0.1, 0.15) is 10.8 Å². The van der Waals surface area contributed by atoms with E-state index in [1.807, 2.05) is 0 Å². The van der Waals surface area contributed by atoms with Gasteiger partial charge in [-0.2, -0.15) is 0 Å². The summed E-state index contributed by atoms with van der Waals surface area (Å²) in [6.07, 6.45) is 9.31. The summed E-state index contributed by atoms with van der Waals surface area (Å²) in [5, 5.41) is 6.75. The number of amides is 2. The first-order valence-electron chi connectivity index (χ1n) is 10.6. The van der Waals surface area contributed by atoms with Gasteiger partial charge >= 0.3 is 0 Å². The lowest BCUT2D eigenvalue weighted by molar-refractivity contribution is -0.120. The minimum Gasteiger partial charge on any atom is -0.348 e. The van der Waals surface area contributed by atoms with E-state index < -0.39 is 0 Å². The SMILES string of the molecule is O=C(NCc1ccc(F)cc1)c1c(NC(=O)C2CCCCC2)sc2c1CCCC2. The molecule has 29 heavy (non-hydrogen) atoms. The minimum absolute atomic E-state index is 0.0517. The second-order valence-electron chi connectivity index (χ2n) is 8.05. The highest BCUT2D eigenvalue weighted by Crippen LogP contribution is 2.39. The lowest BCUT2D eigenvalue weighted by atomic mass is 9.88. The van der Waals surface area contributed by atoms with Gasteiger partial charge in [0.15, 0.2) is 0 Å². The molecule has 4 rings (SSSR count). The molecule has 0 unspecified atom stereocenters. The van der Waals surface area contributed by atoms with Crippen LogP contribution in [-0.4, -0.2) is 11.8 Å². The summed E-state index contributed by atoms with van der Waals surface area (Å²) in [6.45, 7) is 0.333. The molecule has 154 valence electrons. The number of thiophene rings is 1. The molecule has 1 aromatic carbocycles. The van der Waals surface area contributed by atoms with E-state index in [0.717, 1.165) is 62.5 Å². The van der Waals surface area contributed by atoms with Crippen molar-refractivity contribution in [3.63, 3.8) is 0 Å². The van der Waals surface area contributed by atoms with Crippen LogP contribution in [0.25, 0.3) is 0 Å². The first-order valence-corrected chi connectivity index (χ1v) is 11.4. The Bertz CT molecular complexity index is 885. The molecular formula is C23H27FN2O2S. The second-order valence-corrected chi connectivity index (χ2v) is 9.15. The summed E-state index contributed by atoms with van der Waals surface area (Å²) in [5.74, 6) is -0.346. The Kier molecular flexibility index (Phi) is 6.28. The van der Waals surface area contributed by atoms with Crippen molar-refractivity contribution < 1.29 is 14.0 Å². The number of aryl methyl sites for hydroxylation is 1. The highest BCUT2D eigenvalue weighted by Gasteiger charge is 2.28. The maximum Gasteiger partial charge on any atom is 0.254 e. The van der Waals surface area contributed by atoms with Gasteiger partial charge in [-0.05, 0) is 61.8 Å². The van der Waals surface area contributed by atoms with Crippen LogP contribution in [0.15, 0.2) is 24.3 Å². The number of fused-ring (bicyclic) bond motifs is 1. The van der Waals surface area contributed by atoms with Crippen molar-refractivity contribution in [3.05, 3.63) is 51.7 Å². The zero-order chi connectivity index (χ0) is 20.2. The van der Waals surface area contributed by atoms with Crippen LogP contribution in [-0.2, 0) is 24.2 Å². The van der Waals surface area contributed by atoms with Crippen LogP contribution < -0.4 is 10.6 Å². The van der Waals surface area contributed by atoms with Gasteiger partial charge in [-0.3, -0.25) is 9.59 Å². The fraction of sp³-hybridized carbons (Fsp3) is 0.478. The minimum atomic E-state index is -0.292. The second kappa shape index (κ2) is 9.08. The largest absolute Gasteiger partial charge is 0.348 e. The Balaban J connectivity index is 1.52. The molecule has 0 radical (unpaired) electrons. The average molecular weight is 415 g/mol. The van der Waals surface area contributed by atoms with Crippen molar-refractivity contribution in [2.75, 3.05) is 5.32 Å². The molecule has 0 aliphatic heterocycles. The molecule has 2 amide bonds. The molecule has 0 atom stereocenters. The monoisotopic (exact) mass is 414 g/mol. The molecule has 1 heterocycles. The molecule has 2 aliphatic rings. The smallest absolute Gasteiger partial charge is 0.254 e. The van der Waals surface area contributed by atoms with Crippen LogP contribution in [0.2, 0.25) is 0 Å². The van der Waals surface area contributed by atoms with Gasteiger partial charge in [0, 0.05) is 17.3 Å². The van der Waals surface area contributed by atoms with Gasteiger partial charge in [0.05, 0.1) is 5.56 Å². The summed E-state index contributed by atoms with van der Waals surface area (Å²) in [5.41, 5.74) is 2.57. The number of halogens is 1. The third kappa shape index (κ3) is 4.69. The number of carbonyl (C=O) groups is 2. The van der Waals surface area contributed by atoms with E-state index in [1.54, 1.807) is 23.5 Å². The average Bonchev–Trinajstić information content (AvgIpc) is 3.11. The maximum atomic E-state index is 13.1. The van der Waals surface area contributed by atoms with Crippen molar-refractivity contribution in [2.24, 2.45) is 5.92 Å². The first kappa shape index (κ1) is 20.1. The first-order chi connectivity index (χ1) is 14.1. The van der Waals surface area contributed by atoms with Crippen molar-refractivity contribution in [1.82, 2.24) is 5.32 Å². The predicted molar refractivity (Wildman–Crippen MR) is 114 cm³/mol. The molecule has 2 aromatic rings. The Labute approximate surface area is 174 Å². The van der Waals surface area contributed by atoms with Crippen molar-refractivity contribution in [2.45, 2.75) is 64.3 Å². The number of hydrogen-bond donors (Lipinski definition) is 2. The summed E-state index contributed by atoms with van der Waals surface area (Å²) >= 11 is 1.56. The number of hydrogen-bond acceptors (Lipinski definition) is 3. The van der Waals surface area contributed by atoms with Crippen molar-refractivity contribution >= 4 is 28.2 Å². The standard InChI is InChI=1S/C23H27FN2O2S/c24-17-12-10-15(11-13-17)14-25-22(28)20-18-8-4-5-9-19(18)29-23(20)26-21(27)16-6-2-1-3-7-16/h10-13,16H,1-9,14H2,(H,25,28)(H,26,27). The molecule has 6 heteroatoms. The molecule has 1 fully saturated rings. The highest BCUT2D eigenvalue weighted by atomic mass is 32.1. The topological polar surface area (TPSA) is 58.2 Å². The Hall–Kier alpha value is -2.21. The lowest BCUT2D eigenvalue weighted by Gasteiger charge is -2.20. The van der Waals surface area contributed by atoms with Gasteiger partial charge < -0.3 is 10.6 Å². The lowest BCUT2D eigenvalue weighted by Crippen LogP contribution is -2.28. The number of anilines is 1. The highest BCUT2D eigenvalue weighted by molar-refractivity contribution is 7.17. The Morgan fingerprint density at radius 2 is 1.72 bits per heavy atom. The third-order valence-electron chi connectivity index (χ3n) is 5.98. The summed E-state index contributed by atoms with van der Waals surface area (Å²) in [6, 6.07) is 6.13. The summed E-state index contributed by atoms with van der Waals surface area (Å²) < 4.78 is 13.1. The molecular weight excluding hydrogens is 387 g/mol. The predicted octanol–water partition coefficient (Wildman–Crippen LogP) is 5.21. The van der Waals surface area contributed by atoms with Crippen molar-refractivity contribution in [1.29, 1.82) is 0 Å². The van der Waals surface area contributed by atoms with Gasteiger partial charge in [-0.25, -0.2) is 4.39 Å². The number of benzene rings is 1. The van der Waals surface area contributed by atoms with Crippen LogP contribution in [0.4, 0.5) is 9.39 Å². The molecule has 0 bridgehead atoms. The molecule has 1 saturated carbocycles. The van der Waals surface area contributed by atoms with Crippen molar-refractivity contribution in [3.8, 4) is 0 Å². The van der Waals surface area contributed by atoms with Gasteiger partial charge in [-0.15, -0.1) is 11.3 Å². The third-order valence-corrected chi connectivity index (χ3v) is 7.18. The Morgan fingerprint density at radius 3 is 2.48 bits per heavy atom. The van der Waals surface area contributed by atoms with E-state index in [-0.39, 0.29) is 23.5 Å².